The molecule has 5 heterocycles. The third kappa shape index (κ3) is 2.39. The van der Waals surface area contributed by atoms with Gasteiger partial charge in [0.25, 0.3) is 0 Å². The van der Waals surface area contributed by atoms with Crippen LogP contribution in [-0.4, -0.2) is 9.90 Å². The van der Waals surface area contributed by atoms with Gasteiger partial charge in [-0.2, -0.15) is 4.57 Å². The Morgan fingerprint density at radius 2 is 1.51 bits per heavy atom. The van der Waals surface area contributed by atoms with Crippen molar-refractivity contribution < 1.29 is 14.0 Å². The number of aromatic nitrogens is 4. The van der Waals surface area contributed by atoms with Crippen molar-refractivity contribution in [1.82, 2.24) is 9.90 Å². The molecule has 3 aliphatic rings. The Balaban J connectivity index is 1.39. The van der Waals surface area contributed by atoms with Crippen molar-refractivity contribution in [3.05, 3.63) is 132 Å². The van der Waals surface area contributed by atoms with Crippen molar-refractivity contribution in [1.29, 1.82) is 0 Å². The number of pyridine rings is 1. The van der Waals surface area contributed by atoms with Crippen LogP contribution in [0.25, 0.3) is 39.2 Å². The van der Waals surface area contributed by atoms with Gasteiger partial charge in [0.15, 0.2) is 18.1 Å². The van der Waals surface area contributed by atoms with E-state index < -0.39 is 5.66 Å². The number of nitrogens with zero attached hydrogens (tertiary/aromatic N) is 4. The van der Waals surface area contributed by atoms with Gasteiger partial charge in [-0.1, -0.05) is 48.5 Å². The van der Waals surface area contributed by atoms with Crippen LogP contribution in [0.3, 0.4) is 0 Å². The summed E-state index contributed by atoms with van der Waals surface area (Å²) in [6.45, 7) is 4.46. The largest absolute Gasteiger partial charge is 0.456 e. The molecule has 0 saturated carbocycles. The number of hydrogen-bond donors (Lipinski definition) is 0. The standard InChI is InChI=1S/C34H24N4O/c1-21-19-24(23-9-4-3-5-10-23)20-22(2)30(21)25-14-15-29-33-31(25)26-11-6-7-17-36(26)34(33)32-27(12-8-13-28(32)39-29)37-18-16-35-38(34)37/h3-20H,1-2H3/q+2. The first-order chi connectivity index (χ1) is 19.2. The molecular weight excluding hydrogens is 480 g/mol. The van der Waals surface area contributed by atoms with Crippen LogP contribution < -0.4 is 14.0 Å². The Labute approximate surface area is 225 Å². The summed E-state index contributed by atoms with van der Waals surface area (Å²) in [4.78, 5) is 2.12. The van der Waals surface area contributed by atoms with Crippen molar-refractivity contribution in [2.45, 2.75) is 19.5 Å². The summed E-state index contributed by atoms with van der Waals surface area (Å²) in [7, 11) is 0. The van der Waals surface area contributed by atoms with Gasteiger partial charge in [0.2, 0.25) is 11.9 Å². The molecule has 3 aliphatic heterocycles. The summed E-state index contributed by atoms with van der Waals surface area (Å²) < 4.78 is 11.2. The number of fused-ring (bicyclic) bond motifs is 4. The Bertz CT molecular complexity index is 2000. The second-order valence-corrected chi connectivity index (χ2v) is 10.6. The summed E-state index contributed by atoms with van der Waals surface area (Å²) >= 11 is 0. The average molecular weight is 505 g/mol. The molecule has 4 aromatic carbocycles. The van der Waals surface area contributed by atoms with E-state index in [1.165, 1.54) is 38.9 Å². The van der Waals surface area contributed by atoms with Gasteiger partial charge in [-0.15, -0.1) is 4.68 Å². The van der Waals surface area contributed by atoms with Crippen molar-refractivity contribution in [2.24, 2.45) is 0 Å². The van der Waals surface area contributed by atoms with Crippen molar-refractivity contribution in [3.8, 4) is 50.7 Å². The molecule has 5 nitrogen and oxygen atoms in total. The Kier molecular flexibility index (Phi) is 3.81. The topological polar surface area (TPSA) is 34.8 Å². The van der Waals surface area contributed by atoms with Crippen LogP contribution in [0.5, 0.6) is 11.5 Å². The predicted molar refractivity (Wildman–Crippen MR) is 148 cm³/mol. The number of ether oxygens (including phenoxy) is 1. The highest BCUT2D eigenvalue weighted by Gasteiger charge is 2.69. The first kappa shape index (κ1) is 21.0. The SMILES string of the molecule is Cc1cc(-c2ccccc2)cc(C)c1-c1ccc2c3c1-c1cccc[n+]1C31c3c(cccc3-[n+]3ccnn31)O2. The van der Waals surface area contributed by atoms with Gasteiger partial charge in [-0.3, -0.25) is 0 Å². The number of aryl methyl sites for hydroxylation is 2. The Hall–Kier alpha value is -5.03. The van der Waals surface area contributed by atoms with E-state index in [1.807, 2.05) is 12.4 Å². The fourth-order valence-corrected chi connectivity index (χ4v) is 7.23. The van der Waals surface area contributed by atoms with Gasteiger partial charge in [0.05, 0.1) is 5.56 Å². The minimum Gasteiger partial charge on any atom is -0.456 e. The van der Waals surface area contributed by atoms with Crippen LogP contribution in [0.4, 0.5) is 0 Å². The molecule has 5 heteroatoms. The normalized spacial score (nSPS) is 16.8. The molecule has 9 rings (SSSR count). The summed E-state index contributed by atoms with van der Waals surface area (Å²) in [5.41, 5.74) is 12.6. The van der Waals surface area contributed by atoms with E-state index in [9.17, 15) is 0 Å². The van der Waals surface area contributed by atoms with Crippen LogP contribution in [0.2, 0.25) is 0 Å². The number of hydrogen-bond acceptors (Lipinski definition) is 2. The molecule has 39 heavy (non-hydrogen) atoms. The lowest BCUT2D eigenvalue weighted by Crippen LogP contribution is -2.62. The second-order valence-electron chi connectivity index (χ2n) is 10.6. The molecule has 0 fully saturated rings. The quantitative estimate of drug-likeness (QED) is 0.267. The highest BCUT2D eigenvalue weighted by atomic mass is 16.5. The lowest BCUT2D eigenvalue weighted by molar-refractivity contribution is -0.789. The molecule has 1 unspecified atom stereocenters. The van der Waals surface area contributed by atoms with E-state index in [2.05, 4.69) is 125 Å². The smallest absolute Gasteiger partial charge is 0.379 e. The van der Waals surface area contributed by atoms with Crippen LogP contribution in [0, 0.1) is 13.8 Å². The van der Waals surface area contributed by atoms with Gasteiger partial charge in [-0.25, -0.2) is 0 Å². The van der Waals surface area contributed by atoms with E-state index in [0.717, 1.165) is 34.0 Å². The molecule has 0 saturated heterocycles. The minimum absolute atomic E-state index is 0.656. The van der Waals surface area contributed by atoms with Crippen LogP contribution in [0.15, 0.2) is 110 Å². The summed E-state index contributed by atoms with van der Waals surface area (Å²) in [6, 6.07) is 32.4. The lowest BCUT2D eigenvalue weighted by Gasteiger charge is -2.26. The summed E-state index contributed by atoms with van der Waals surface area (Å²) in [5, 5.41) is 4.90. The highest BCUT2D eigenvalue weighted by Crippen LogP contribution is 2.58. The van der Waals surface area contributed by atoms with Crippen molar-refractivity contribution in [2.75, 3.05) is 0 Å². The second kappa shape index (κ2) is 7.08. The zero-order valence-corrected chi connectivity index (χ0v) is 21.6. The maximum absolute atomic E-state index is 6.65. The average Bonchev–Trinajstić information content (AvgIpc) is 3.64. The zero-order chi connectivity index (χ0) is 25.9. The summed E-state index contributed by atoms with van der Waals surface area (Å²) in [5.74, 6) is 1.75. The van der Waals surface area contributed by atoms with E-state index in [0.29, 0.717) is 0 Å². The van der Waals surface area contributed by atoms with E-state index in [4.69, 9.17) is 9.84 Å². The van der Waals surface area contributed by atoms with Crippen molar-refractivity contribution >= 4 is 0 Å². The molecule has 0 N–H and O–H groups in total. The van der Waals surface area contributed by atoms with Crippen LogP contribution in [-0.2, 0) is 5.66 Å². The van der Waals surface area contributed by atoms with E-state index in [1.54, 1.807) is 0 Å². The Morgan fingerprint density at radius 3 is 2.36 bits per heavy atom. The van der Waals surface area contributed by atoms with E-state index >= 15 is 0 Å². The highest BCUT2D eigenvalue weighted by molar-refractivity contribution is 5.92. The molecule has 1 spiro atoms. The molecule has 0 aliphatic carbocycles. The number of benzene rings is 4. The number of rotatable bonds is 2. The molecule has 2 aromatic heterocycles. The first-order valence-electron chi connectivity index (χ1n) is 13.3. The molecule has 0 amide bonds. The fourth-order valence-electron chi connectivity index (χ4n) is 7.23. The third-order valence-electron chi connectivity index (χ3n) is 8.59. The molecule has 1 atom stereocenters. The minimum atomic E-state index is -0.656. The fraction of sp³-hybridized carbons (Fsp3) is 0.0882. The van der Waals surface area contributed by atoms with Gasteiger partial charge in [-0.05, 0) is 77.6 Å². The first-order valence-corrected chi connectivity index (χ1v) is 13.3. The molecule has 6 aromatic rings. The zero-order valence-electron chi connectivity index (χ0n) is 21.6. The van der Waals surface area contributed by atoms with Crippen molar-refractivity contribution in [3.63, 3.8) is 0 Å². The van der Waals surface area contributed by atoms with Crippen LogP contribution in [0.1, 0.15) is 22.3 Å². The molecule has 0 bridgehead atoms. The maximum atomic E-state index is 6.65. The van der Waals surface area contributed by atoms with Crippen LogP contribution >= 0.6 is 0 Å². The van der Waals surface area contributed by atoms with E-state index in [-0.39, 0.29) is 0 Å². The molecule has 184 valence electrons. The predicted octanol–water partition coefficient (Wildman–Crippen LogP) is 6.10. The van der Waals surface area contributed by atoms with Gasteiger partial charge in [0.1, 0.15) is 22.6 Å². The molecular formula is C34H24N4O+2. The lowest BCUT2D eigenvalue weighted by atomic mass is 9.82. The van der Waals surface area contributed by atoms with Gasteiger partial charge in [0, 0.05) is 22.0 Å². The summed E-state index contributed by atoms with van der Waals surface area (Å²) in [6.07, 6.45) is 6.09. The monoisotopic (exact) mass is 504 g/mol. The third-order valence-corrected chi connectivity index (χ3v) is 8.59. The molecule has 0 radical (unpaired) electrons. The van der Waals surface area contributed by atoms with Gasteiger partial charge < -0.3 is 4.74 Å². The van der Waals surface area contributed by atoms with Gasteiger partial charge >= 0.3 is 5.66 Å². The Morgan fingerprint density at radius 1 is 0.718 bits per heavy atom. The maximum Gasteiger partial charge on any atom is 0.379 e.